The molecule has 0 N–H and O–H groups in total. The second-order valence-electron chi connectivity index (χ2n) is 5.22. The van der Waals surface area contributed by atoms with Crippen molar-refractivity contribution in [3.63, 3.8) is 0 Å². The number of allylic oxidation sites excluding steroid dienone is 4. The number of fused-ring (bicyclic) bond motifs is 3. The van der Waals surface area contributed by atoms with Gasteiger partial charge < -0.3 is 9.15 Å². The first-order valence-corrected chi connectivity index (χ1v) is 7.49. The molecule has 2 aromatic rings. The first kappa shape index (κ1) is 13.7. The normalized spacial score (nSPS) is 15.3. The van der Waals surface area contributed by atoms with Crippen LogP contribution in [0.15, 0.2) is 52.0 Å². The van der Waals surface area contributed by atoms with Crippen LogP contribution in [0.3, 0.4) is 0 Å². The molecule has 23 heavy (non-hydrogen) atoms. The second-order valence-corrected chi connectivity index (χ2v) is 5.22. The van der Waals surface area contributed by atoms with Crippen LogP contribution in [0.4, 0.5) is 5.69 Å². The summed E-state index contributed by atoms with van der Waals surface area (Å²) in [5.41, 5.74) is 4.89. The number of hydrogen-bond acceptors (Lipinski definition) is 5. The summed E-state index contributed by atoms with van der Waals surface area (Å²) in [6.45, 7) is 2.05. The Kier molecular flexibility index (Phi) is 3.19. The maximum Gasteiger partial charge on any atom is 0.375 e. The molecule has 0 spiro atoms. The number of aromatic nitrogens is 1. The van der Waals surface area contributed by atoms with Crippen LogP contribution in [0.2, 0.25) is 0 Å². The van der Waals surface area contributed by atoms with Gasteiger partial charge in [-0.2, -0.15) is 0 Å². The number of esters is 1. The molecule has 0 atom stereocenters. The lowest BCUT2D eigenvalue weighted by Gasteiger charge is -2.11. The van der Waals surface area contributed by atoms with E-state index in [1.54, 1.807) is 6.92 Å². The zero-order valence-electron chi connectivity index (χ0n) is 12.6. The highest BCUT2D eigenvalue weighted by atomic mass is 16.5. The van der Waals surface area contributed by atoms with Crippen LogP contribution >= 0.6 is 0 Å². The molecule has 5 nitrogen and oxygen atoms in total. The minimum Gasteiger partial charge on any atom is -0.460 e. The lowest BCUT2D eigenvalue weighted by molar-refractivity contribution is 0.0489. The van der Waals surface area contributed by atoms with Crippen molar-refractivity contribution >= 4 is 28.5 Å². The Morgan fingerprint density at radius 1 is 1.35 bits per heavy atom. The maximum absolute atomic E-state index is 11.8. The molecule has 1 aromatic carbocycles. The van der Waals surface area contributed by atoms with Crippen LogP contribution < -0.4 is 0 Å². The fourth-order valence-electron chi connectivity index (χ4n) is 2.83. The van der Waals surface area contributed by atoms with Crippen molar-refractivity contribution in [2.45, 2.75) is 13.3 Å². The predicted octanol–water partition coefficient (Wildman–Crippen LogP) is 3.81. The molecule has 0 bridgehead atoms. The quantitative estimate of drug-likeness (QED) is 0.809. The Morgan fingerprint density at radius 2 is 2.22 bits per heavy atom. The third-order valence-electron chi connectivity index (χ3n) is 3.80. The fraction of sp³-hybridized carbons (Fsp3) is 0.167. The Bertz CT molecular complexity index is 887. The molecule has 0 saturated heterocycles. The van der Waals surface area contributed by atoms with Crippen LogP contribution in [0.1, 0.15) is 35.4 Å². The summed E-state index contributed by atoms with van der Waals surface area (Å²) >= 11 is 0. The first-order chi connectivity index (χ1) is 11.3. The van der Waals surface area contributed by atoms with Crippen molar-refractivity contribution in [1.82, 2.24) is 4.98 Å². The molecule has 114 valence electrons. The van der Waals surface area contributed by atoms with Gasteiger partial charge in [0.05, 0.1) is 24.2 Å². The van der Waals surface area contributed by atoms with E-state index in [1.165, 1.54) is 6.20 Å². The van der Waals surface area contributed by atoms with E-state index in [0.29, 0.717) is 12.5 Å². The molecule has 0 unspecified atom stereocenters. The van der Waals surface area contributed by atoms with E-state index in [-0.39, 0.29) is 5.76 Å². The number of carbonyl (C=O) groups is 1. The number of nitrogens with zero attached hydrogens (tertiary/aromatic N) is 2. The molecule has 1 aliphatic carbocycles. The highest BCUT2D eigenvalue weighted by Crippen LogP contribution is 2.42. The number of ether oxygens (including phenoxy) is 1. The van der Waals surface area contributed by atoms with Gasteiger partial charge in [0.2, 0.25) is 11.7 Å². The molecule has 5 heteroatoms. The van der Waals surface area contributed by atoms with E-state index in [9.17, 15) is 4.79 Å². The van der Waals surface area contributed by atoms with Gasteiger partial charge in [0.25, 0.3) is 0 Å². The van der Waals surface area contributed by atoms with Gasteiger partial charge in [-0.25, -0.2) is 9.78 Å². The molecule has 0 saturated carbocycles. The molecule has 2 heterocycles. The van der Waals surface area contributed by atoms with Crippen molar-refractivity contribution < 1.29 is 13.9 Å². The topological polar surface area (TPSA) is 64.7 Å². The monoisotopic (exact) mass is 306 g/mol. The van der Waals surface area contributed by atoms with E-state index in [0.717, 1.165) is 34.5 Å². The number of rotatable bonds is 3. The molecule has 0 amide bonds. The van der Waals surface area contributed by atoms with Crippen LogP contribution in [0.25, 0.3) is 11.1 Å². The molecule has 0 fully saturated rings. The summed E-state index contributed by atoms with van der Waals surface area (Å²) < 4.78 is 10.6. The summed E-state index contributed by atoms with van der Waals surface area (Å²) in [5, 5.41) is 0. The summed E-state index contributed by atoms with van der Waals surface area (Å²) in [4.78, 5) is 20.7. The van der Waals surface area contributed by atoms with Gasteiger partial charge in [-0.1, -0.05) is 30.4 Å². The van der Waals surface area contributed by atoms with Gasteiger partial charge in [0.15, 0.2) is 0 Å². The smallest absolute Gasteiger partial charge is 0.375 e. The Morgan fingerprint density at radius 3 is 3.09 bits per heavy atom. The van der Waals surface area contributed by atoms with Crippen LogP contribution in [0.5, 0.6) is 0 Å². The third kappa shape index (κ3) is 2.21. The summed E-state index contributed by atoms with van der Waals surface area (Å²) in [7, 11) is 0. The Balaban J connectivity index is 1.81. The number of oxazole rings is 1. The SMILES string of the molecule is CCOC(=O)c1cnc(C2=C3C(=Nc4ccccc43)CC=C2)o1. The molecule has 0 radical (unpaired) electrons. The van der Waals surface area contributed by atoms with Crippen molar-refractivity contribution in [2.24, 2.45) is 4.99 Å². The standard InChI is InChI=1S/C18H14N2O3/c1-2-22-18(21)15-10-19-17(23-15)12-7-5-9-14-16(12)11-6-3-4-8-13(11)20-14/h3-8,10H,2,9H2,1H3. The zero-order valence-corrected chi connectivity index (χ0v) is 12.6. The van der Waals surface area contributed by atoms with Gasteiger partial charge in [0, 0.05) is 23.1 Å². The van der Waals surface area contributed by atoms with Gasteiger partial charge in [0.1, 0.15) is 0 Å². The second kappa shape index (κ2) is 5.35. The summed E-state index contributed by atoms with van der Waals surface area (Å²) in [6.07, 6.45) is 6.18. The Labute approximate surface area is 133 Å². The minimum absolute atomic E-state index is 0.110. The largest absolute Gasteiger partial charge is 0.460 e. The number of carbonyl (C=O) groups excluding carboxylic acids is 1. The molecule has 1 aliphatic heterocycles. The number of aliphatic imine (C=N–C) groups is 1. The summed E-state index contributed by atoms with van der Waals surface area (Å²) in [6, 6.07) is 7.98. The third-order valence-corrected chi connectivity index (χ3v) is 3.80. The average Bonchev–Trinajstić information content (AvgIpc) is 3.19. The zero-order chi connectivity index (χ0) is 15.8. The number of para-hydroxylation sites is 1. The van der Waals surface area contributed by atoms with Crippen molar-refractivity contribution in [3.8, 4) is 0 Å². The van der Waals surface area contributed by atoms with Crippen LogP contribution in [-0.4, -0.2) is 23.3 Å². The molecular formula is C18H14N2O3. The summed E-state index contributed by atoms with van der Waals surface area (Å²) in [5.74, 6) is 0.0134. The first-order valence-electron chi connectivity index (χ1n) is 7.49. The predicted molar refractivity (Wildman–Crippen MR) is 86.6 cm³/mol. The molecule has 4 rings (SSSR count). The lowest BCUT2D eigenvalue weighted by atomic mass is 9.91. The number of benzene rings is 1. The van der Waals surface area contributed by atoms with Crippen molar-refractivity contribution in [1.29, 1.82) is 0 Å². The van der Waals surface area contributed by atoms with Gasteiger partial charge in [-0.3, -0.25) is 4.99 Å². The Hall–Kier alpha value is -2.95. The lowest BCUT2D eigenvalue weighted by Crippen LogP contribution is -2.04. The van der Waals surface area contributed by atoms with Gasteiger partial charge >= 0.3 is 5.97 Å². The van der Waals surface area contributed by atoms with E-state index in [1.807, 2.05) is 36.4 Å². The van der Waals surface area contributed by atoms with Gasteiger partial charge in [-0.05, 0) is 13.0 Å². The minimum atomic E-state index is -0.502. The highest BCUT2D eigenvalue weighted by Gasteiger charge is 2.27. The molecule has 2 aliphatic rings. The van der Waals surface area contributed by atoms with Crippen molar-refractivity contribution in [2.75, 3.05) is 6.61 Å². The van der Waals surface area contributed by atoms with E-state index in [4.69, 9.17) is 9.15 Å². The molecular weight excluding hydrogens is 292 g/mol. The van der Waals surface area contributed by atoms with Crippen LogP contribution in [-0.2, 0) is 4.74 Å². The number of hydrogen-bond donors (Lipinski definition) is 0. The van der Waals surface area contributed by atoms with Crippen molar-refractivity contribution in [3.05, 3.63) is 59.8 Å². The maximum atomic E-state index is 11.8. The average molecular weight is 306 g/mol. The van der Waals surface area contributed by atoms with E-state index >= 15 is 0 Å². The molecule has 1 aromatic heterocycles. The van der Waals surface area contributed by atoms with Gasteiger partial charge in [-0.15, -0.1) is 0 Å². The van der Waals surface area contributed by atoms with E-state index < -0.39 is 5.97 Å². The fourth-order valence-corrected chi connectivity index (χ4v) is 2.83. The van der Waals surface area contributed by atoms with E-state index in [2.05, 4.69) is 9.98 Å². The van der Waals surface area contributed by atoms with Crippen LogP contribution in [0, 0.1) is 0 Å². The highest BCUT2D eigenvalue weighted by molar-refractivity contribution is 6.36.